The Morgan fingerprint density at radius 3 is 1.00 bits per heavy atom. The fraction of sp³-hybridized carbons (Fsp3) is 1.00. The van der Waals surface area contributed by atoms with Gasteiger partial charge in [0.05, 0.1) is 5.60 Å². The SMILES string of the molecule is CC(C)(O)CC(C)(O)C(F)(F)C(F)(F)C(F)(F)C(F)(F)C(F)(F)C(F)(F)F. The highest BCUT2D eigenvalue weighted by atomic mass is 19.4. The summed E-state index contributed by atoms with van der Waals surface area (Å²) < 4.78 is 168. The average Bonchev–Trinajstić information content (AvgIpc) is 2.33. The van der Waals surface area contributed by atoms with Crippen LogP contribution in [0.25, 0.3) is 0 Å². The van der Waals surface area contributed by atoms with E-state index in [-0.39, 0.29) is 6.92 Å². The fourth-order valence-electron chi connectivity index (χ4n) is 2.06. The van der Waals surface area contributed by atoms with Crippen LogP contribution >= 0.6 is 0 Å². The lowest BCUT2D eigenvalue weighted by molar-refractivity contribution is -0.449. The molecule has 0 amide bonds. The van der Waals surface area contributed by atoms with Crippen LogP contribution in [0.15, 0.2) is 0 Å². The van der Waals surface area contributed by atoms with Crippen molar-refractivity contribution in [3.63, 3.8) is 0 Å². The number of rotatable bonds is 7. The summed E-state index contributed by atoms with van der Waals surface area (Å²) in [5.74, 6) is -38.1. The maximum absolute atomic E-state index is 13.8. The summed E-state index contributed by atoms with van der Waals surface area (Å²) in [7, 11) is 0. The Kier molecular flexibility index (Phi) is 6.03. The molecule has 2 N–H and O–H groups in total. The number of halogens is 13. The number of hydrogen-bond donors (Lipinski definition) is 2. The van der Waals surface area contributed by atoms with E-state index >= 15 is 0 Å². The van der Waals surface area contributed by atoms with E-state index < -0.39 is 53.4 Å². The molecule has 0 spiro atoms. The molecule has 0 rings (SSSR count). The number of alkyl halides is 13. The van der Waals surface area contributed by atoms with E-state index in [1.54, 1.807) is 0 Å². The molecule has 0 saturated carbocycles. The first-order valence-corrected chi connectivity index (χ1v) is 6.61. The van der Waals surface area contributed by atoms with Gasteiger partial charge in [0.1, 0.15) is 5.60 Å². The van der Waals surface area contributed by atoms with Crippen molar-refractivity contribution in [3.05, 3.63) is 0 Å². The van der Waals surface area contributed by atoms with Crippen molar-refractivity contribution < 1.29 is 67.3 Å². The van der Waals surface area contributed by atoms with Crippen molar-refractivity contribution >= 4 is 0 Å². The van der Waals surface area contributed by atoms with Crippen LogP contribution in [0.3, 0.4) is 0 Å². The quantitative estimate of drug-likeness (QED) is 0.572. The van der Waals surface area contributed by atoms with Crippen molar-refractivity contribution in [1.82, 2.24) is 0 Å². The van der Waals surface area contributed by atoms with Crippen LogP contribution < -0.4 is 0 Å². The predicted molar refractivity (Wildman–Crippen MR) is 62.3 cm³/mol. The van der Waals surface area contributed by atoms with E-state index in [2.05, 4.69) is 0 Å². The summed E-state index contributed by atoms with van der Waals surface area (Å²) in [6.07, 6.45) is -9.37. The first-order chi connectivity index (χ1) is 11.2. The van der Waals surface area contributed by atoms with Gasteiger partial charge in [-0.05, 0) is 20.8 Å². The molecule has 1 unspecified atom stereocenters. The minimum absolute atomic E-state index is 0.324. The van der Waals surface area contributed by atoms with Crippen LogP contribution in [-0.2, 0) is 0 Å². The molecule has 0 saturated heterocycles. The molecular formula is C12H13F13O2. The van der Waals surface area contributed by atoms with Gasteiger partial charge in [0.2, 0.25) is 0 Å². The molecule has 2 nitrogen and oxygen atoms in total. The van der Waals surface area contributed by atoms with Crippen molar-refractivity contribution in [2.75, 3.05) is 0 Å². The summed E-state index contributed by atoms with van der Waals surface area (Å²) in [6.45, 7) is 0.871. The molecule has 0 aromatic rings. The highest BCUT2D eigenvalue weighted by Crippen LogP contribution is 2.62. The van der Waals surface area contributed by atoms with Gasteiger partial charge in [-0.1, -0.05) is 0 Å². The molecule has 0 radical (unpaired) electrons. The Morgan fingerprint density at radius 1 is 0.481 bits per heavy atom. The summed E-state index contributed by atoms with van der Waals surface area (Å²) >= 11 is 0. The average molecular weight is 436 g/mol. The molecule has 0 bridgehead atoms. The molecular weight excluding hydrogens is 423 g/mol. The zero-order valence-corrected chi connectivity index (χ0v) is 13.5. The van der Waals surface area contributed by atoms with Crippen LogP contribution in [0.4, 0.5) is 57.1 Å². The third-order valence-corrected chi connectivity index (χ3v) is 3.39. The molecule has 164 valence electrons. The summed E-state index contributed by atoms with van der Waals surface area (Å²) in [5.41, 5.74) is -6.92. The largest absolute Gasteiger partial charge is 0.460 e. The van der Waals surface area contributed by atoms with Gasteiger partial charge >= 0.3 is 35.8 Å². The Labute approximate surface area is 142 Å². The molecule has 27 heavy (non-hydrogen) atoms. The highest BCUT2D eigenvalue weighted by Gasteiger charge is 2.92. The first kappa shape index (κ1) is 26.0. The summed E-state index contributed by atoms with van der Waals surface area (Å²) in [5, 5.41) is 18.6. The van der Waals surface area contributed by atoms with Gasteiger partial charge < -0.3 is 10.2 Å². The van der Waals surface area contributed by atoms with Crippen LogP contribution in [0, 0.1) is 0 Å². The van der Waals surface area contributed by atoms with E-state index in [0.717, 1.165) is 0 Å². The molecule has 0 aromatic heterocycles. The second-order valence-corrected chi connectivity index (χ2v) is 6.63. The molecule has 0 aliphatic carbocycles. The Morgan fingerprint density at radius 2 is 0.741 bits per heavy atom. The summed E-state index contributed by atoms with van der Waals surface area (Å²) in [4.78, 5) is 0. The smallest absolute Gasteiger partial charge is 0.390 e. The minimum atomic E-state index is -8.03. The van der Waals surface area contributed by atoms with E-state index in [4.69, 9.17) is 0 Å². The van der Waals surface area contributed by atoms with Crippen molar-refractivity contribution in [2.45, 2.75) is 74.2 Å². The fourth-order valence-corrected chi connectivity index (χ4v) is 2.06. The van der Waals surface area contributed by atoms with Crippen LogP contribution in [-0.4, -0.2) is 57.2 Å². The molecule has 0 heterocycles. The van der Waals surface area contributed by atoms with Gasteiger partial charge in [0.25, 0.3) is 0 Å². The van der Waals surface area contributed by atoms with Gasteiger partial charge in [-0.15, -0.1) is 0 Å². The van der Waals surface area contributed by atoms with Crippen LogP contribution in [0.2, 0.25) is 0 Å². The third kappa shape index (κ3) is 3.80. The highest BCUT2D eigenvalue weighted by molar-refractivity contribution is 5.14. The molecule has 0 fully saturated rings. The Bertz CT molecular complexity index is 542. The van der Waals surface area contributed by atoms with Gasteiger partial charge in [0.15, 0.2) is 0 Å². The van der Waals surface area contributed by atoms with E-state index in [1.165, 1.54) is 0 Å². The third-order valence-electron chi connectivity index (χ3n) is 3.39. The predicted octanol–water partition coefficient (Wildman–Crippen LogP) is 4.64. The zero-order valence-electron chi connectivity index (χ0n) is 13.5. The minimum Gasteiger partial charge on any atom is -0.390 e. The second kappa shape index (κ2) is 6.26. The molecule has 0 aromatic carbocycles. The second-order valence-electron chi connectivity index (χ2n) is 6.63. The molecule has 0 aliphatic heterocycles. The lowest BCUT2D eigenvalue weighted by Crippen LogP contribution is -2.73. The normalized spacial score (nSPS) is 18.4. The first-order valence-electron chi connectivity index (χ1n) is 6.61. The topological polar surface area (TPSA) is 40.5 Å². The maximum atomic E-state index is 13.8. The van der Waals surface area contributed by atoms with E-state index in [0.29, 0.717) is 13.8 Å². The Hall–Kier alpha value is -0.990. The van der Waals surface area contributed by atoms with Crippen LogP contribution in [0.5, 0.6) is 0 Å². The standard InChI is InChI=1S/C12H13F13O2/c1-5(2,26)4-6(3,27)7(13,14)8(15,16)9(17,18)10(19,20)11(21,22)12(23,24)25/h26-27H,4H2,1-3H3. The lowest BCUT2D eigenvalue weighted by atomic mass is 9.80. The van der Waals surface area contributed by atoms with Gasteiger partial charge in [-0.3, -0.25) is 0 Å². The Balaban J connectivity index is 6.47. The van der Waals surface area contributed by atoms with Crippen molar-refractivity contribution in [2.24, 2.45) is 0 Å². The number of hydrogen-bond acceptors (Lipinski definition) is 2. The summed E-state index contributed by atoms with van der Waals surface area (Å²) in [6, 6.07) is 0. The van der Waals surface area contributed by atoms with Gasteiger partial charge in [-0.25, -0.2) is 0 Å². The van der Waals surface area contributed by atoms with Crippen LogP contribution in [0.1, 0.15) is 27.2 Å². The van der Waals surface area contributed by atoms with Gasteiger partial charge in [0, 0.05) is 6.42 Å². The van der Waals surface area contributed by atoms with Crippen molar-refractivity contribution in [3.8, 4) is 0 Å². The molecule has 15 heteroatoms. The molecule has 1 atom stereocenters. The lowest BCUT2D eigenvalue weighted by Gasteiger charge is -2.44. The maximum Gasteiger partial charge on any atom is 0.460 e. The van der Waals surface area contributed by atoms with Crippen molar-refractivity contribution in [1.29, 1.82) is 0 Å². The zero-order chi connectivity index (χ0) is 22.7. The molecule has 0 aliphatic rings. The van der Waals surface area contributed by atoms with E-state index in [1.807, 2.05) is 0 Å². The monoisotopic (exact) mass is 436 g/mol. The van der Waals surface area contributed by atoms with E-state index in [9.17, 15) is 67.3 Å². The van der Waals surface area contributed by atoms with Gasteiger partial charge in [-0.2, -0.15) is 57.1 Å². The number of aliphatic hydroxyl groups is 2.